The van der Waals surface area contributed by atoms with E-state index in [9.17, 15) is 13.2 Å². The van der Waals surface area contributed by atoms with Gasteiger partial charge in [-0.3, -0.25) is 4.79 Å². The summed E-state index contributed by atoms with van der Waals surface area (Å²) in [7, 11) is -1.95. The minimum Gasteiger partial charge on any atom is -0.491 e. The Bertz CT molecular complexity index is 870. The molecule has 1 amide bonds. The van der Waals surface area contributed by atoms with Gasteiger partial charge in [-0.25, -0.2) is 13.1 Å². The van der Waals surface area contributed by atoms with Crippen LogP contribution in [-0.4, -0.2) is 46.0 Å². The van der Waals surface area contributed by atoms with Gasteiger partial charge in [0.25, 0.3) is 0 Å². The van der Waals surface area contributed by atoms with Crippen molar-refractivity contribution in [2.45, 2.75) is 18.2 Å². The molecule has 27 heavy (non-hydrogen) atoms. The highest BCUT2D eigenvalue weighted by Crippen LogP contribution is 2.16. The van der Waals surface area contributed by atoms with Gasteiger partial charge in [0.15, 0.2) is 0 Å². The fourth-order valence-electron chi connectivity index (χ4n) is 2.32. The van der Waals surface area contributed by atoms with Gasteiger partial charge in [0.1, 0.15) is 12.4 Å². The molecule has 0 aliphatic rings. The third kappa shape index (κ3) is 6.64. The summed E-state index contributed by atoms with van der Waals surface area (Å²) in [5.41, 5.74) is 1.04. The number of likely N-dealkylation sites (N-methyl/N-ethyl adjacent to an activating group) is 1. The number of benzene rings is 2. The Morgan fingerprint density at radius 2 is 1.81 bits per heavy atom. The summed E-state index contributed by atoms with van der Waals surface area (Å²) in [6, 6.07) is 14.0. The Labute approximate surface area is 168 Å². The smallest absolute Gasteiger partial charge is 0.240 e. The fraction of sp³-hybridized carbons (Fsp3) is 0.316. The van der Waals surface area contributed by atoms with Gasteiger partial charge in [0.05, 0.1) is 11.4 Å². The number of rotatable bonds is 9. The van der Waals surface area contributed by atoms with Crippen LogP contribution in [-0.2, 0) is 14.8 Å². The molecule has 0 fully saturated rings. The Balaban J connectivity index is 1.74. The van der Waals surface area contributed by atoms with Crippen molar-refractivity contribution in [2.75, 3.05) is 26.7 Å². The molecule has 0 radical (unpaired) electrons. The Morgan fingerprint density at radius 1 is 1.15 bits per heavy atom. The predicted octanol–water partition coefficient (Wildman–Crippen LogP) is 2.96. The number of carbonyl (C=O) groups is 1. The van der Waals surface area contributed by atoms with Gasteiger partial charge < -0.3 is 9.64 Å². The third-order valence-corrected chi connectivity index (χ3v) is 5.96. The average molecular weight is 455 g/mol. The van der Waals surface area contributed by atoms with Crippen LogP contribution in [0.15, 0.2) is 57.9 Å². The van der Waals surface area contributed by atoms with E-state index in [1.54, 1.807) is 19.2 Å². The molecule has 8 heteroatoms. The zero-order valence-corrected chi connectivity index (χ0v) is 17.7. The molecule has 6 nitrogen and oxygen atoms in total. The van der Waals surface area contributed by atoms with Crippen LogP contribution in [0, 0.1) is 6.92 Å². The zero-order valence-electron chi connectivity index (χ0n) is 15.3. The lowest BCUT2D eigenvalue weighted by atomic mass is 10.2. The van der Waals surface area contributed by atoms with E-state index in [0.29, 0.717) is 13.2 Å². The number of hydrogen-bond acceptors (Lipinski definition) is 4. The first-order valence-electron chi connectivity index (χ1n) is 8.47. The first kappa shape index (κ1) is 21.4. The van der Waals surface area contributed by atoms with E-state index in [1.807, 2.05) is 31.2 Å². The van der Waals surface area contributed by atoms with E-state index in [0.717, 1.165) is 15.8 Å². The van der Waals surface area contributed by atoms with Crippen LogP contribution in [0.1, 0.15) is 12.0 Å². The molecule has 0 saturated heterocycles. The second-order valence-electron chi connectivity index (χ2n) is 6.03. The zero-order chi connectivity index (χ0) is 19.9. The van der Waals surface area contributed by atoms with Gasteiger partial charge in [0, 0.05) is 24.5 Å². The molecule has 0 spiro atoms. The lowest BCUT2D eigenvalue weighted by Gasteiger charge is -2.18. The van der Waals surface area contributed by atoms with Crippen LogP contribution in [0.5, 0.6) is 5.75 Å². The van der Waals surface area contributed by atoms with Crippen LogP contribution < -0.4 is 9.46 Å². The summed E-state index contributed by atoms with van der Waals surface area (Å²) >= 11 is 3.26. The molecular formula is C19H23BrN2O4S. The van der Waals surface area contributed by atoms with Crippen molar-refractivity contribution in [3.05, 3.63) is 58.6 Å². The number of para-hydroxylation sites is 1. The second kappa shape index (κ2) is 9.87. The van der Waals surface area contributed by atoms with E-state index < -0.39 is 10.0 Å². The molecule has 0 aromatic heterocycles. The summed E-state index contributed by atoms with van der Waals surface area (Å²) in [4.78, 5) is 13.8. The average Bonchev–Trinajstić information content (AvgIpc) is 2.63. The van der Waals surface area contributed by atoms with E-state index in [2.05, 4.69) is 20.7 Å². The normalized spacial score (nSPS) is 11.2. The number of sulfonamides is 1. The molecule has 0 unspecified atom stereocenters. The minimum absolute atomic E-state index is 0.0419. The summed E-state index contributed by atoms with van der Waals surface area (Å²) in [5, 5.41) is 0. The number of ether oxygens (including phenoxy) is 1. The quantitative estimate of drug-likeness (QED) is 0.631. The molecule has 1 N–H and O–H groups in total. The molecular weight excluding hydrogens is 432 g/mol. The summed E-state index contributed by atoms with van der Waals surface area (Å²) in [6.45, 7) is 2.80. The Hall–Kier alpha value is -1.90. The number of nitrogens with zero attached hydrogens (tertiary/aromatic N) is 1. The largest absolute Gasteiger partial charge is 0.491 e. The summed E-state index contributed by atoms with van der Waals surface area (Å²) in [6.07, 6.45) is 0.0800. The molecule has 146 valence electrons. The highest BCUT2D eigenvalue weighted by atomic mass is 79.9. The van der Waals surface area contributed by atoms with Crippen molar-refractivity contribution in [3.63, 3.8) is 0 Å². The summed E-state index contributed by atoms with van der Waals surface area (Å²) < 4.78 is 33.3. The van der Waals surface area contributed by atoms with Crippen LogP contribution in [0.25, 0.3) is 0 Å². The number of carbonyl (C=O) groups excluding carboxylic acids is 1. The molecule has 0 saturated carbocycles. The van der Waals surface area contributed by atoms with E-state index in [-0.39, 0.29) is 23.8 Å². The van der Waals surface area contributed by atoms with Crippen LogP contribution in [0.3, 0.4) is 0 Å². The van der Waals surface area contributed by atoms with Gasteiger partial charge in [-0.05, 0) is 42.8 Å². The van der Waals surface area contributed by atoms with Gasteiger partial charge in [0.2, 0.25) is 15.9 Å². The SMILES string of the molecule is Cc1ccccc1OCCN(C)C(=O)CCNS(=O)(=O)c1ccc(Br)cc1. The van der Waals surface area contributed by atoms with Gasteiger partial charge in [-0.15, -0.1) is 0 Å². The number of nitrogens with one attached hydrogen (secondary N) is 1. The predicted molar refractivity (Wildman–Crippen MR) is 108 cm³/mol. The van der Waals surface area contributed by atoms with E-state index >= 15 is 0 Å². The highest BCUT2D eigenvalue weighted by molar-refractivity contribution is 9.10. The lowest BCUT2D eigenvalue weighted by molar-refractivity contribution is -0.130. The topological polar surface area (TPSA) is 75.7 Å². The van der Waals surface area contributed by atoms with Crippen LogP contribution in [0.2, 0.25) is 0 Å². The van der Waals surface area contributed by atoms with Gasteiger partial charge in [-0.2, -0.15) is 0 Å². The number of aryl methyl sites for hydroxylation is 1. The van der Waals surface area contributed by atoms with Crippen molar-refractivity contribution in [1.82, 2.24) is 9.62 Å². The molecule has 2 aromatic carbocycles. The first-order valence-corrected chi connectivity index (χ1v) is 10.7. The van der Waals surface area contributed by atoms with Crippen molar-refractivity contribution < 1.29 is 17.9 Å². The standard InChI is InChI=1S/C19H23BrN2O4S/c1-15-5-3-4-6-18(15)26-14-13-22(2)19(23)11-12-21-27(24,25)17-9-7-16(20)8-10-17/h3-10,21H,11-14H2,1-2H3. The van der Waals surface area contributed by atoms with Crippen LogP contribution >= 0.6 is 15.9 Å². The molecule has 0 aliphatic carbocycles. The summed E-state index contributed by atoms with van der Waals surface area (Å²) in [5.74, 6) is 0.641. The molecule has 0 bridgehead atoms. The second-order valence-corrected chi connectivity index (χ2v) is 8.71. The molecule has 0 atom stereocenters. The number of amides is 1. The van der Waals surface area contributed by atoms with Crippen molar-refractivity contribution in [3.8, 4) is 5.75 Å². The molecule has 0 aliphatic heterocycles. The van der Waals surface area contributed by atoms with E-state index in [4.69, 9.17) is 4.74 Å². The molecule has 0 heterocycles. The molecule has 2 rings (SSSR count). The van der Waals surface area contributed by atoms with Crippen molar-refractivity contribution in [1.29, 1.82) is 0 Å². The van der Waals surface area contributed by atoms with E-state index in [1.165, 1.54) is 17.0 Å². The highest BCUT2D eigenvalue weighted by Gasteiger charge is 2.15. The maximum absolute atomic E-state index is 12.2. The maximum Gasteiger partial charge on any atom is 0.240 e. The van der Waals surface area contributed by atoms with Gasteiger partial charge >= 0.3 is 0 Å². The van der Waals surface area contributed by atoms with Crippen molar-refractivity contribution in [2.24, 2.45) is 0 Å². The van der Waals surface area contributed by atoms with Crippen LogP contribution in [0.4, 0.5) is 0 Å². The monoisotopic (exact) mass is 454 g/mol. The maximum atomic E-state index is 12.2. The minimum atomic E-state index is -3.62. The Morgan fingerprint density at radius 3 is 2.48 bits per heavy atom. The fourth-order valence-corrected chi connectivity index (χ4v) is 3.61. The number of hydrogen-bond donors (Lipinski definition) is 1. The Kier molecular flexibility index (Phi) is 7.82. The number of halogens is 1. The van der Waals surface area contributed by atoms with Crippen molar-refractivity contribution >= 4 is 31.9 Å². The lowest BCUT2D eigenvalue weighted by Crippen LogP contribution is -2.34. The third-order valence-electron chi connectivity index (χ3n) is 3.96. The van der Waals surface area contributed by atoms with Gasteiger partial charge in [-0.1, -0.05) is 34.1 Å². The molecule has 2 aromatic rings. The first-order chi connectivity index (χ1) is 12.8.